The molecule has 0 N–H and O–H groups in total. The van der Waals surface area contributed by atoms with Crippen LogP contribution < -0.4 is 0 Å². The first-order chi connectivity index (χ1) is 8.20. The van der Waals surface area contributed by atoms with Crippen LogP contribution in [0.5, 0.6) is 0 Å². The van der Waals surface area contributed by atoms with Gasteiger partial charge in [-0.2, -0.15) is 0 Å². The molecule has 0 aromatic carbocycles. The summed E-state index contributed by atoms with van der Waals surface area (Å²) in [6.45, 7) is 4.75. The van der Waals surface area contributed by atoms with Gasteiger partial charge in [0.1, 0.15) is 0 Å². The predicted octanol–water partition coefficient (Wildman–Crippen LogP) is 1.24. The van der Waals surface area contributed by atoms with E-state index in [1.54, 1.807) is 26.0 Å². The van der Waals surface area contributed by atoms with E-state index in [4.69, 9.17) is 4.74 Å². The summed E-state index contributed by atoms with van der Waals surface area (Å²) in [7, 11) is 0. The van der Waals surface area contributed by atoms with E-state index in [-0.39, 0.29) is 13.2 Å². The Labute approximate surface area is 101 Å². The topological polar surface area (TPSA) is 61.8 Å². The summed E-state index contributed by atoms with van der Waals surface area (Å²) in [6.07, 6.45) is 5.71. The zero-order valence-corrected chi connectivity index (χ0v) is 10.2. The van der Waals surface area contributed by atoms with Crippen molar-refractivity contribution in [2.45, 2.75) is 13.8 Å². The minimum Gasteiger partial charge on any atom is -0.463 e. The number of hydrogen-bond donors (Lipinski definition) is 0. The maximum absolute atomic E-state index is 10.9. The van der Waals surface area contributed by atoms with Crippen LogP contribution in [0.2, 0.25) is 0 Å². The molecule has 0 saturated carbocycles. The fraction of sp³-hybridized carbons (Fsp3) is 0.500. The molecule has 5 heteroatoms. The fourth-order valence-electron chi connectivity index (χ4n) is 0.874. The highest BCUT2D eigenvalue weighted by Crippen LogP contribution is 1.85. The Balaban J connectivity index is 3.52. The van der Waals surface area contributed by atoms with Gasteiger partial charge in [0.25, 0.3) is 0 Å². The van der Waals surface area contributed by atoms with E-state index in [2.05, 4.69) is 9.47 Å². The Morgan fingerprint density at radius 2 is 1.29 bits per heavy atom. The molecule has 0 aromatic rings. The first kappa shape index (κ1) is 15.4. The standard InChI is InChI=1S/C12H18O5/c1-3-16-11(13)7-5-9-15-10-6-8-12(14)17-4-2/h5-8H,3-4,9-10H2,1-2H3. The third kappa shape index (κ3) is 10.7. The van der Waals surface area contributed by atoms with E-state index in [0.717, 1.165) is 0 Å². The second kappa shape index (κ2) is 10.9. The normalized spacial score (nSPS) is 10.9. The van der Waals surface area contributed by atoms with Gasteiger partial charge in [-0.1, -0.05) is 12.2 Å². The van der Waals surface area contributed by atoms with Crippen LogP contribution in [0.25, 0.3) is 0 Å². The molecule has 0 aliphatic carbocycles. The molecule has 0 aliphatic heterocycles. The molecule has 0 rings (SSSR count). The average Bonchev–Trinajstić information content (AvgIpc) is 2.28. The van der Waals surface area contributed by atoms with Crippen molar-refractivity contribution in [2.75, 3.05) is 26.4 Å². The lowest BCUT2D eigenvalue weighted by atomic mass is 10.5. The predicted molar refractivity (Wildman–Crippen MR) is 62.4 cm³/mol. The molecule has 96 valence electrons. The first-order valence-electron chi connectivity index (χ1n) is 5.45. The van der Waals surface area contributed by atoms with Crippen LogP contribution in [0.1, 0.15) is 13.8 Å². The summed E-state index contributed by atoms with van der Waals surface area (Å²) in [5, 5.41) is 0. The van der Waals surface area contributed by atoms with Crippen LogP contribution in [0.3, 0.4) is 0 Å². The highest BCUT2D eigenvalue weighted by atomic mass is 16.5. The van der Waals surface area contributed by atoms with Gasteiger partial charge in [0, 0.05) is 12.2 Å². The van der Waals surface area contributed by atoms with Gasteiger partial charge in [0.15, 0.2) is 0 Å². The zero-order valence-electron chi connectivity index (χ0n) is 10.2. The molecule has 0 saturated heterocycles. The smallest absolute Gasteiger partial charge is 0.330 e. The van der Waals surface area contributed by atoms with Crippen molar-refractivity contribution in [2.24, 2.45) is 0 Å². The highest BCUT2D eigenvalue weighted by Gasteiger charge is 1.93. The van der Waals surface area contributed by atoms with Crippen LogP contribution in [0.4, 0.5) is 0 Å². The van der Waals surface area contributed by atoms with Crippen molar-refractivity contribution in [1.82, 2.24) is 0 Å². The number of carbonyl (C=O) groups is 2. The summed E-state index contributed by atoms with van der Waals surface area (Å²) < 4.78 is 14.4. The molecule has 0 unspecified atom stereocenters. The third-order valence-electron chi connectivity index (χ3n) is 1.51. The van der Waals surface area contributed by atoms with Crippen molar-refractivity contribution in [1.29, 1.82) is 0 Å². The Hall–Kier alpha value is -1.62. The molecule has 0 aromatic heterocycles. The van der Waals surface area contributed by atoms with E-state index in [9.17, 15) is 9.59 Å². The van der Waals surface area contributed by atoms with Gasteiger partial charge >= 0.3 is 11.9 Å². The SMILES string of the molecule is CCOC(=O)C=CCOCC=CC(=O)OCC. The van der Waals surface area contributed by atoms with Gasteiger partial charge in [0.05, 0.1) is 26.4 Å². The molecule has 0 fully saturated rings. The molecule has 17 heavy (non-hydrogen) atoms. The molecule has 0 bridgehead atoms. The molecule has 0 heterocycles. The average molecular weight is 242 g/mol. The van der Waals surface area contributed by atoms with Crippen molar-refractivity contribution in [3.63, 3.8) is 0 Å². The maximum atomic E-state index is 10.9. The molecule has 0 amide bonds. The Morgan fingerprint density at radius 1 is 0.882 bits per heavy atom. The number of carbonyl (C=O) groups excluding carboxylic acids is 2. The van der Waals surface area contributed by atoms with Crippen molar-refractivity contribution in [3.05, 3.63) is 24.3 Å². The van der Waals surface area contributed by atoms with Crippen LogP contribution in [-0.4, -0.2) is 38.4 Å². The molecule has 0 radical (unpaired) electrons. The fourth-order valence-corrected chi connectivity index (χ4v) is 0.874. The van der Waals surface area contributed by atoms with Crippen LogP contribution in [0.15, 0.2) is 24.3 Å². The van der Waals surface area contributed by atoms with Gasteiger partial charge in [0.2, 0.25) is 0 Å². The lowest BCUT2D eigenvalue weighted by Gasteiger charge is -1.97. The summed E-state index contributed by atoms with van der Waals surface area (Å²) in [5.74, 6) is -0.781. The highest BCUT2D eigenvalue weighted by molar-refractivity contribution is 5.82. The monoisotopic (exact) mass is 242 g/mol. The molecule has 0 aliphatic rings. The molecule has 0 atom stereocenters. The first-order valence-corrected chi connectivity index (χ1v) is 5.45. The number of rotatable bonds is 8. The van der Waals surface area contributed by atoms with Gasteiger partial charge in [-0.05, 0) is 13.8 Å². The van der Waals surface area contributed by atoms with E-state index < -0.39 is 11.9 Å². The Kier molecular flexibility index (Phi) is 9.85. The second-order valence-corrected chi connectivity index (χ2v) is 2.85. The van der Waals surface area contributed by atoms with Crippen LogP contribution >= 0.6 is 0 Å². The van der Waals surface area contributed by atoms with Gasteiger partial charge in [-0.25, -0.2) is 9.59 Å². The molecular formula is C12H18O5. The molecule has 0 spiro atoms. The van der Waals surface area contributed by atoms with Crippen molar-refractivity contribution < 1.29 is 23.8 Å². The number of hydrogen-bond acceptors (Lipinski definition) is 5. The molecule has 5 nitrogen and oxygen atoms in total. The minimum atomic E-state index is -0.391. The van der Waals surface area contributed by atoms with Gasteiger partial charge < -0.3 is 14.2 Å². The lowest BCUT2D eigenvalue weighted by molar-refractivity contribution is -0.138. The van der Waals surface area contributed by atoms with Crippen molar-refractivity contribution >= 4 is 11.9 Å². The summed E-state index contributed by atoms with van der Waals surface area (Å²) in [4.78, 5) is 21.7. The van der Waals surface area contributed by atoms with Gasteiger partial charge in [-0.15, -0.1) is 0 Å². The lowest BCUT2D eigenvalue weighted by Crippen LogP contribution is -2.01. The van der Waals surface area contributed by atoms with Crippen molar-refractivity contribution in [3.8, 4) is 0 Å². The van der Waals surface area contributed by atoms with E-state index in [1.807, 2.05) is 0 Å². The summed E-state index contributed by atoms with van der Waals surface area (Å²) >= 11 is 0. The third-order valence-corrected chi connectivity index (χ3v) is 1.51. The number of esters is 2. The number of ether oxygens (including phenoxy) is 3. The van der Waals surface area contributed by atoms with E-state index >= 15 is 0 Å². The molecular weight excluding hydrogens is 224 g/mol. The summed E-state index contributed by atoms with van der Waals surface area (Å²) in [6, 6.07) is 0. The summed E-state index contributed by atoms with van der Waals surface area (Å²) in [5.41, 5.74) is 0. The van der Waals surface area contributed by atoms with Crippen LogP contribution in [0, 0.1) is 0 Å². The van der Waals surface area contributed by atoms with E-state index in [0.29, 0.717) is 13.2 Å². The maximum Gasteiger partial charge on any atom is 0.330 e. The second-order valence-electron chi connectivity index (χ2n) is 2.85. The quantitative estimate of drug-likeness (QED) is 0.364. The minimum absolute atomic E-state index is 0.284. The van der Waals surface area contributed by atoms with Gasteiger partial charge in [-0.3, -0.25) is 0 Å². The van der Waals surface area contributed by atoms with Crippen LogP contribution in [-0.2, 0) is 23.8 Å². The Bertz CT molecular complexity index is 253. The largest absolute Gasteiger partial charge is 0.463 e. The van der Waals surface area contributed by atoms with E-state index in [1.165, 1.54) is 12.2 Å². The zero-order chi connectivity index (χ0) is 12.9. The Morgan fingerprint density at radius 3 is 1.65 bits per heavy atom.